The van der Waals surface area contributed by atoms with Crippen LogP contribution >= 0.6 is 0 Å². The Balaban J connectivity index is 1.91. The Morgan fingerprint density at radius 2 is 2.69 bits per heavy atom. The average Bonchev–Trinajstić information content (AvgIpc) is 2.74. The van der Waals surface area contributed by atoms with Crippen molar-refractivity contribution in [3.63, 3.8) is 0 Å². The number of anilines is 1. The Morgan fingerprint density at radius 3 is 3.31 bits per heavy atom. The highest BCUT2D eigenvalue weighted by Crippen LogP contribution is 2.04. The van der Waals surface area contributed by atoms with Gasteiger partial charge in [-0.15, -0.1) is 0 Å². The fraction of sp³-hybridized carbons (Fsp3) is 0.429. The maximum absolute atomic E-state index is 11.4. The molecule has 2 rings (SSSR count). The second-order valence-electron chi connectivity index (χ2n) is 2.79. The first-order chi connectivity index (χ1) is 6.36. The average molecular weight is 182 g/mol. The van der Waals surface area contributed by atoms with Gasteiger partial charge in [-0.05, 0) is 6.42 Å². The molecule has 2 heterocycles. The van der Waals surface area contributed by atoms with Crippen LogP contribution in [-0.4, -0.2) is 23.7 Å². The van der Waals surface area contributed by atoms with Crippen LogP contribution in [0.2, 0.25) is 0 Å². The monoisotopic (exact) mass is 182 g/mol. The summed E-state index contributed by atoms with van der Waals surface area (Å²) in [6.45, 7) is 0.802. The van der Waals surface area contributed by atoms with Crippen LogP contribution in [0.1, 0.15) is 6.42 Å². The van der Waals surface area contributed by atoms with E-state index < -0.39 is 0 Å². The van der Waals surface area contributed by atoms with Gasteiger partial charge in [-0.3, -0.25) is 10.2 Å². The molecule has 6 nitrogen and oxygen atoms in total. The summed E-state index contributed by atoms with van der Waals surface area (Å²) in [5, 5.41) is 6.19. The van der Waals surface area contributed by atoms with Crippen LogP contribution in [0.3, 0.4) is 0 Å². The molecule has 1 aliphatic rings. The first kappa shape index (κ1) is 8.21. The number of nitrogens with one attached hydrogen (secondary N) is 3. The molecular weight excluding hydrogens is 172 g/mol. The molecular formula is C7H10N4O2. The summed E-state index contributed by atoms with van der Waals surface area (Å²) in [5.41, 5.74) is 5.73. The summed E-state index contributed by atoms with van der Waals surface area (Å²) in [7, 11) is 0. The second-order valence-corrected chi connectivity index (χ2v) is 2.79. The molecule has 0 aliphatic carbocycles. The van der Waals surface area contributed by atoms with E-state index in [-0.39, 0.29) is 11.9 Å². The SMILES string of the molecule is O=C(Nc1ccon1)C1CCNN1. The van der Waals surface area contributed by atoms with E-state index in [1.807, 2.05) is 0 Å². The maximum Gasteiger partial charge on any atom is 0.244 e. The molecule has 1 atom stereocenters. The molecule has 1 saturated heterocycles. The lowest BCUT2D eigenvalue weighted by atomic mass is 10.2. The fourth-order valence-electron chi connectivity index (χ4n) is 1.17. The van der Waals surface area contributed by atoms with Gasteiger partial charge >= 0.3 is 0 Å². The van der Waals surface area contributed by atoms with E-state index in [0.29, 0.717) is 5.82 Å². The minimum Gasteiger partial charge on any atom is -0.363 e. The van der Waals surface area contributed by atoms with Crippen LogP contribution in [0.15, 0.2) is 16.9 Å². The predicted octanol–water partition coefficient (Wildman–Crippen LogP) is -0.520. The number of carbonyl (C=O) groups is 1. The van der Waals surface area contributed by atoms with Gasteiger partial charge in [-0.25, -0.2) is 5.43 Å². The van der Waals surface area contributed by atoms with Gasteiger partial charge in [-0.2, -0.15) is 0 Å². The summed E-state index contributed by atoms with van der Waals surface area (Å²) in [6.07, 6.45) is 2.19. The van der Waals surface area contributed by atoms with Gasteiger partial charge in [0.1, 0.15) is 12.3 Å². The molecule has 0 saturated carbocycles. The van der Waals surface area contributed by atoms with Crippen molar-refractivity contribution in [1.82, 2.24) is 16.0 Å². The summed E-state index contributed by atoms with van der Waals surface area (Å²) >= 11 is 0. The van der Waals surface area contributed by atoms with E-state index >= 15 is 0 Å². The summed E-state index contributed by atoms with van der Waals surface area (Å²) in [4.78, 5) is 11.4. The first-order valence-corrected chi connectivity index (χ1v) is 4.06. The number of aromatic nitrogens is 1. The van der Waals surface area contributed by atoms with Crippen molar-refractivity contribution in [3.05, 3.63) is 12.3 Å². The van der Waals surface area contributed by atoms with E-state index in [4.69, 9.17) is 0 Å². The molecule has 1 unspecified atom stereocenters. The fourth-order valence-corrected chi connectivity index (χ4v) is 1.17. The Labute approximate surface area is 74.6 Å². The van der Waals surface area contributed by atoms with E-state index in [1.54, 1.807) is 6.07 Å². The molecule has 1 aromatic heterocycles. The first-order valence-electron chi connectivity index (χ1n) is 4.06. The molecule has 1 fully saturated rings. The van der Waals surface area contributed by atoms with Crippen molar-refractivity contribution < 1.29 is 9.32 Å². The Bertz CT molecular complexity index is 279. The van der Waals surface area contributed by atoms with Crippen LogP contribution in [0, 0.1) is 0 Å². The molecule has 1 amide bonds. The molecule has 70 valence electrons. The van der Waals surface area contributed by atoms with Crippen LogP contribution in [-0.2, 0) is 4.79 Å². The van der Waals surface area contributed by atoms with Crippen LogP contribution < -0.4 is 16.2 Å². The highest BCUT2D eigenvalue weighted by Gasteiger charge is 2.22. The Kier molecular flexibility index (Phi) is 2.24. The zero-order valence-electron chi connectivity index (χ0n) is 6.91. The number of carbonyl (C=O) groups excluding carboxylic acids is 1. The lowest BCUT2D eigenvalue weighted by Crippen LogP contribution is -2.39. The van der Waals surface area contributed by atoms with Gasteiger partial charge in [0.15, 0.2) is 5.82 Å². The standard InChI is InChI=1S/C7H10N4O2/c12-7(5-1-3-8-10-5)9-6-2-4-13-11-6/h2,4-5,8,10H,1,3H2,(H,9,11,12). The molecule has 0 spiro atoms. The lowest BCUT2D eigenvalue weighted by molar-refractivity contribution is -0.117. The second kappa shape index (κ2) is 3.55. The number of rotatable bonds is 2. The highest BCUT2D eigenvalue weighted by atomic mass is 16.5. The minimum atomic E-state index is -0.184. The molecule has 0 radical (unpaired) electrons. The zero-order chi connectivity index (χ0) is 9.10. The number of hydrogen-bond donors (Lipinski definition) is 3. The largest absolute Gasteiger partial charge is 0.363 e. The maximum atomic E-state index is 11.4. The molecule has 6 heteroatoms. The van der Waals surface area contributed by atoms with Gasteiger partial charge in [-0.1, -0.05) is 5.16 Å². The zero-order valence-corrected chi connectivity index (χ0v) is 6.91. The molecule has 13 heavy (non-hydrogen) atoms. The third-order valence-corrected chi connectivity index (χ3v) is 1.84. The van der Waals surface area contributed by atoms with E-state index in [9.17, 15) is 4.79 Å². The van der Waals surface area contributed by atoms with E-state index in [1.165, 1.54) is 6.26 Å². The molecule has 3 N–H and O–H groups in total. The minimum absolute atomic E-state index is 0.0982. The summed E-state index contributed by atoms with van der Waals surface area (Å²) in [5.74, 6) is 0.345. The predicted molar refractivity (Wildman–Crippen MR) is 44.7 cm³/mol. The van der Waals surface area contributed by atoms with Gasteiger partial charge in [0.2, 0.25) is 5.91 Å². The van der Waals surface area contributed by atoms with Crippen LogP contribution in [0.25, 0.3) is 0 Å². The number of hydrogen-bond acceptors (Lipinski definition) is 5. The van der Waals surface area contributed by atoms with Crippen molar-refractivity contribution in [2.24, 2.45) is 0 Å². The van der Waals surface area contributed by atoms with Crippen LogP contribution in [0.4, 0.5) is 5.82 Å². The Hall–Kier alpha value is -1.40. The van der Waals surface area contributed by atoms with Gasteiger partial charge < -0.3 is 9.84 Å². The quantitative estimate of drug-likeness (QED) is 0.573. The third kappa shape index (κ3) is 1.85. The third-order valence-electron chi connectivity index (χ3n) is 1.84. The number of nitrogens with zero attached hydrogens (tertiary/aromatic N) is 1. The molecule has 1 aliphatic heterocycles. The van der Waals surface area contributed by atoms with Crippen molar-refractivity contribution >= 4 is 11.7 Å². The highest BCUT2D eigenvalue weighted by molar-refractivity contribution is 5.94. The van der Waals surface area contributed by atoms with Gasteiger partial charge in [0, 0.05) is 12.6 Å². The number of hydrazine groups is 1. The van der Waals surface area contributed by atoms with E-state index in [2.05, 4.69) is 25.8 Å². The van der Waals surface area contributed by atoms with Crippen molar-refractivity contribution in [2.75, 3.05) is 11.9 Å². The van der Waals surface area contributed by atoms with Crippen molar-refractivity contribution in [1.29, 1.82) is 0 Å². The smallest absolute Gasteiger partial charge is 0.244 e. The van der Waals surface area contributed by atoms with Gasteiger partial charge in [0.05, 0.1) is 0 Å². The molecule has 1 aromatic rings. The van der Waals surface area contributed by atoms with Gasteiger partial charge in [0.25, 0.3) is 0 Å². The molecule has 0 aromatic carbocycles. The normalized spacial score (nSPS) is 21.7. The van der Waals surface area contributed by atoms with Crippen LogP contribution in [0.5, 0.6) is 0 Å². The van der Waals surface area contributed by atoms with Crippen molar-refractivity contribution in [3.8, 4) is 0 Å². The Morgan fingerprint density at radius 1 is 1.77 bits per heavy atom. The number of amides is 1. The topological polar surface area (TPSA) is 79.2 Å². The lowest BCUT2D eigenvalue weighted by Gasteiger charge is -2.07. The molecule has 0 bridgehead atoms. The summed E-state index contributed by atoms with van der Waals surface area (Å²) in [6, 6.07) is 1.41. The van der Waals surface area contributed by atoms with Crippen molar-refractivity contribution in [2.45, 2.75) is 12.5 Å². The van der Waals surface area contributed by atoms with E-state index in [0.717, 1.165) is 13.0 Å². The summed E-state index contributed by atoms with van der Waals surface area (Å²) < 4.78 is 4.58.